The van der Waals surface area contributed by atoms with Gasteiger partial charge in [0.2, 0.25) is 5.91 Å². The Morgan fingerprint density at radius 2 is 1.83 bits per heavy atom. The van der Waals surface area contributed by atoms with Gasteiger partial charge >= 0.3 is 6.09 Å². The molecule has 3 aliphatic rings. The van der Waals surface area contributed by atoms with Gasteiger partial charge in [-0.25, -0.2) is 9.89 Å². The van der Waals surface area contributed by atoms with Crippen molar-refractivity contribution >= 4 is 17.7 Å². The number of nitrogens with zero attached hydrogens (tertiary/aromatic N) is 2. The van der Waals surface area contributed by atoms with E-state index in [0.29, 0.717) is 6.42 Å². The molecule has 2 aliphatic heterocycles. The van der Waals surface area contributed by atoms with Crippen LogP contribution in [0.1, 0.15) is 62.4 Å². The highest BCUT2D eigenvalue weighted by Crippen LogP contribution is 2.23. The van der Waals surface area contributed by atoms with E-state index in [-0.39, 0.29) is 29.1 Å². The first-order valence-corrected chi connectivity index (χ1v) is 12.9. The largest absolute Gasteiger partial charge is 0.444 e. The first-order chi connectivity index (χ1) is 17.2. The van der Waals surface area contributed by atoms with Gasteiger partial charge in [-0.3, -0.25) is 9.59 Å². The number of hydrogen-bond donors (Lipinski definition) is 3. The van der Waals surface area contributed by atoms with Gasteiger partial charge in [-0.05, 0) is 76.1 Å². The molecule has 0 atom stereocenters. The number of aromatic nitrogens is 2. The molecule has 2 saturated heterocycles. The lowest BCUT2D eigenvalue weighted by Crippen LogP contribution is -2.48. The maximum Gasteiger partial charge on any atom is 0.410 e. The third kappa shape index (κ3) is 6.72. The molecule has 3 heterocycles. The smallest absolute Gasteiger partial charge is 0.410 e. The zero-order chi connectivity index (χ0) is 25.7. The normalized spacial score (nSPS) is 17.0. The van der Waals surface area contributed by atoms with Crippen LogP contribution >= 0.6 is 0 Å². The summed E-state index contributed by atoms with van der Waals surface area (Å²) in [6, 6.07) is 7.87. The molecular formula is C27H37N5O4. The number of rotatable bonds is 4. The Bertz CT molecular complexity index is 1150. The van der Waals surface area contributed by atoms with Crippen molar-refractivity contribution in [2.75, 3.05) is 31.5 Å². The summed E-state index contributed by atoms with van der Waals surface area (Å²) in [7, 11) is 0. The highest BCUT2D eigenvalue weighted by atomic mass is 16.6. The fourth-order valence-corrected chi connectivity index (χ4v) is 4.37. The van der Waals surface area contributed by atoms with Crippen molar-refractivity contribution in [2.45, 2.75) is 64.9 Å². The molecule has 0 saturated carbocycles. The predicted octanol–water partition coefficient (Wildman–Crippen LogP) is 3.02. The van der Waals surface area contributed by atoms with Crippen molar-refractivity contribution in [1.29, 1.82) is 0 Å². The summed E-state index contributed by atoms with van der Waals surface area (Å²) >= 11 is 0. The minimum Gasteiger partial charge on any atom is -0.444 e. The fraction of sp³-hybridized carbons (Fsp3) is 0.556. The van der Waals surface area contributed by atoms with Crippen LogP contribution in [-0.2, 0) is 28.8 Å². The number of benzene rings is 1. The van der Waals surface area contributed by atoms with Crippen LogP contribution in [-0.4, -0.2) is 58.9 Å². The van der Waals surface area contributed by atoms with Crippen LogP contribution < -0.4 is 16.2 Å². The van der Waals surface area contributed by atoms with Crippen molar-refractivity contribution in [3.8, 4) is 0 Å². The van der Waals surface area contributed by atoms with Crippen LogP contribution in [0.3, 0.4) is 0 Å². The summed E-state index contributed by atoms with van der Waals surface area (Å²) in [5.41, 5.74) is 4.45. The highest BCUT2D eigenvalue weighted by Gasteiger charge is 2.26. The van der Waals surface area contributed by atoms with Crippen LogP contribution in [0.15, 0.2) is 29.1 Å². The Labute approximate surface area is 212 Å². The molecule has 9 heteroatoms. The van der Waals surface area contributed by atoms with Crippen LogP contribution in [0.2, 0.25) is 0 Å². The monoisotopic (exact) mass is 495 g/mol. The van der Waals surface area contributed by atoms with E-state index in [1.165, 1.54) is 0 Å². The Balaban J connectivity index is 0.000000233. The number of hydrogen-bond acceptors (Lipinski definition) is 6. The molecule has 2 amide bonds. The summed E-state index contributed by atoms with van der Waals surface area (Å²) < 4.78 is 5.13. The van der Waals surface area contributed by atoms with E-state index >= 15 is 0 Å². The van der Waals surface area contributed by atoms with Crippen molar-refractivity contribution < 1.29 is 14.3 Å². The summed E-state index contributed by atoms with van der Waals surface area (Å²) in [5.74, 6) is 0.131. The van der Waals surface area contributed by atoms with Gasteiger partial charge in [-0.1, -0.05) is 12.1 Å². The second-order valence-corrected chi connectivity index (χ2v) is 10.7. The van der Waals surface area contributed by atoms with E-state index in [1.807, 2.05) is 45.0 Å². The maximum atomic E-state index is 12.1. The lowest BCUT2D eigenvalue weighted by atomic mass is 9.90. The van der Waals surface area contributed by atoms with Crippen LogP contribution in [0.25, 0.3) is 0 Å². The van der Waals surface area contributed by atoms with E-state index in [4.69, 9.17) is 4.74 Å². The molecular weight excluding hydrogens is 458 g/mol. The van der Waals surface area contributed by atoms with Gasteiger partial charge < -0.3 is 20.3 Å². The molecule has 1 aromatic carbocycles. The minimum absolute atomic E-state index is 0.0476. The van der Waals surface area contributed by atoms with E-state index in [1.54, 1.807) is 4.90 Å². The SMILES string of the molecule is CC(C)(C)OC(=O)N1CCC1.O=C(Nc1cccc(Cc2n[nH]c(=O)c3c2CCCC3)c1)C1CNC1. The lowest BCUT2D eigenvalue weighted by molar-refractivity contribution is -0.121. The Kier molecular flexibility index (Phi) is 8.08. The molecule has 9 nitrogen and oxygen atoms in total. The summed E-state index contributed by atoms with van der Waals surface area (Å²) in [5, 5.41) is 13.0. The molecule has 0 radical (unpaired) electrons. The Morgan fingerprint density at radius 1 is 1.11 bits per heavy atom. The van der Waals surface area contributed by atoms with E-state index in [0.717, 1.165) is 86.4 Å². The molecule has 194 valence electrons. The second-order valence-electron chi connectivity index (χ2n) is 10.7. The molecule has 3 N–H and O–H groups in total. The predicted molar refractivity (Wildman–Crippen MR) is 138 cm³/mol. The van der Waals surface area contributed by atoms with Crippen molar-refractivity contribution in [3.63, 3.8) is 0 Å². The van der Waals surface area contributed by atoms with Crippen molar-refractivity contribution in [2.24, 2.45) is 5.92 Å². The average molecular weight is 496 g/mol. The number of carbonyl (C=O) groups excluding carboxylic acids is 2. The number of H-pyrrole nitrogens is 1. The first-order valence-electron chi connectivity index (χ1n) is 12.9. The summed E-state index contributed by atoms with van der Waals surface area (Å²) in [6.45, 7) is 8.85. The van der Waals surface area contributed by atoms with Crippen LogP contribution in [0.4, 0.5) is 10.5 Å². The topological polar surface area (TPSA) is 116 Å². The number of ether oxygens (including phenoxy) is 1. The summed E-state index contributed by atoms with van der Waals surface area (Å²) in [4.78, 5) is 36.9. The Hall–Kier alpha value is -3.20. The second kappa shape index (κ2) is 11.2. The average Bonchev–Trinajstić information content (AvgIpc) is 2.73. The third-order valence-electron chi connectivity index (χ3n) is 6.61. The van der Waals surface area contributed by atoms with Crippen LogP contribution in [0.5, 0.6) is 0 Å². The zero-order valence-electron chi connectivity index (χ0n) is 21.5. The van der Waals surface area contributed by atoms with Gasteiger partial charge in [0, 0.05) is 43.9 Å². The molecule has 36 heavy (non-hydrogen) atoms. The van der Waals surface area contributed by atoms with Gasteiger partial charge in [0.15, 0.2) is 0 Å². The minimum atomic E-state index is -0.354. The van der Waals surface area contributed by atoms with Gasteiger partial charge in [-0.15, -0.1) is 0 Å². The number of anilines is 1. The highest BCUT2D eigenvalue weighted by molar-refractivity contribution is 5.93. The quantitative estimate of drug-likeness (QED) is 0.600. The maximum absolute atomic E-state index is 12.1. The molecule has 0 unspecified atom stereocenters. The zero-order valence-corrected chi connectivity index (χ0v) is 21.5. The third-order valence-corrected chi connectivity index (χ3v) is 6.61. The molecule has 0 spiro atoms. The van der Waals surface area contributed by atoms with Gasteiger partial charge in [0.25, 0.3) is 5.56 Å². The fourth-order valence-electron chi connectivity index (χ4n) is 4.37. The first kappa shape index (κ1) is 25.9. The molecule has 2 aromatic rings. The Morgan fingerprint density at radius 3 is 2.44 bits per heavy atom. The molecule has 1 aliphatic carbocycles. The van der Waals surface area contributed by atoms with E-state index < -0.39 is 0 Å². The van der Waals surface area contributed by atoms with Gasteiger partial charge in [-0.2, -0.15) is 5.10 Å². The lowest BCUT2D eigenvalue weighted by Gasteiger charge is -2.32. The molecule has 0 bridgehead atoms. The summed E-state index contributed by atoms with van der Waals surface area (Å²) in [6.07, 6.45) is 5.53. The number of fused-ring (bicyclic) bond motifs is 1. The van der Waals surface area contributed by atoms with Crippen LogP contribution in [0, 0.1) is 5.92 Å². The number of carbonyl (C=O) groups is 2. The number of amides is 2. The number of nitrogens with one attached hydrogen (secondary N) is 3. The molecule has 2 fully saturated rings. The molecule has 5 rings (SSSR count). The molecule has 1 aromatic heterocycles. The number of aromatic amines is 1. The van der Waals surface area contributed by atoms with Crippen molar-refractivity contribution in [1.82, 2.24) is 20.4 Å². The standard InChI is InChI=1S/C19H22N4O2.C8H15NO2/c24-18(13-10-20-11-13)21-14-5-3-4-12(8-14)9-17-15-6-1-2-7-16(15)19(25)23-22-17;1-8(2,3)11-7(10)9-5-4-6-9/h3-5,8,13,20H,1-2,6-7,9-11H2,(H,21,24)(H,23,25);4-6H2,1-3H3. The number of likely N-dealkylation sites (tertiary alicyclic amines) is 1. The van der Waals surface area contributed by atoms with E-state index in [2.05, 4.69) is 20.8 Å². The van der Waals surface area contributed by atoms with E-state index in [9.17, 15) is 14.4 Å². The van der Waals surface area contributed by atoms with Gasteiger partial charge in [0.1, 0.15) is 5.60 Å². The van der Waals surface area contributed by atoms with Gasteiger partial charge in [0.05, 0.1) is 11.6 Å². The van der Waals surface area contributed by atoms with Crippen molar-refractivity contribution in [3.05, 3.63) is 57.0 Å².